The van der Waals surface area contributed by atoms with Crippen LogP contribution >= 0.6 is 0 Å². The Hall–Kier alpha value is -0.650. The highest BCUT2D eigenvalue weighted by molar-refractivity contribution is 5.88. The zero-order valence-electron chi connectivity index (χ0n) is 12.9. The summed E-state index contributed by atoms with van der Waals surface area (Å²) < 4.78 is 5.99. The van der Waals surface area contributed by atoms with Crippen molar-refractivity contribution in [2.75, 3.05) is 26.2 Å². The van der Waals surface area contributed by atoms with Crippen molar-refractivity contribution in [2.24, 2.45) is 0 Å². The van der Waals surface area contributed by atoms with Crippen molar-refractivity contribution in [3.05, 3.63) is 0 Å². The van der Waals surface area contributed by atoms with E-state index in [0.717, 1.165) is 19.6 Å². The number of ether oxygens (including phenoxy) is 1. The van der Waals surface area contributed by atoms with Crippen LogP contribution in [-0.4, -0.2) is 65.8 Å². The summed E-state index contributed by atoms with van der Waals surface area (Å²) in [4.78, 5) is 17.1. The predicted octanol–water partition coefficient (Wildman–Crippen LogP) is 0.796. The van der Waals surface area contributed by atoms with Gasteiger partial charge >= 0.3 is 0 Å². The third kappa shape index (κ3) is 2.36. The van der Waals surface area contributed by atoms with E-state index >= 15 is 0 Å². The highest BCUT2D eigenvalue weighted by Crippen LogP contribution is 2.26. The topological polar surface area (TPSA) is 44.8 Å². The third-order valence-electron chi connectivity index (χ3n) is 5.30. The molecule has 3 aliphatic heterocycles. The molecular formula is C15H27N3O2. The predicted molar refractivity (Wildman–Crippen MR) is 77.3 cm³/mol. The molecule has 0 aromatic rings. The summed E-state index contributed by atoms with van der Waals surface area (Å²) in [5.41, 5.74) is -0.399. The normalized spacial score (nSPS) is 42.2. The number of nitrogens with one attached hydrogen (secondary N) is 1. The van der Waals surface area contributed by atoms with Crippen molar-refractivity contribution in [3.63, 3.8) is 0 Å². The molecule has 0 spiro atoms. The minimum atomic E-state index is -0.399. The Morgan fingerprint density at radius 3 is 3.00 bits per heavy atom. The molecule has 5 heteroatoms. The Balaban J connectivity index is 1.62. The zero-order chi connectivity index (χ0) is 14.3. The molecule has 3 rings (SSSR count). The van der Waals surface area contributed by atoms with Gasteiger partial charge in [0.05, 0.1) is 24.4 Å². The van der Waals surface area contributed by atoms with E-state index < -0.39 is 5.54 Å². The molecule has 3 heterocycles. The first-order chi connectivity index (χ1) is 9.53. The lowest BCUT2D eigenvalue weighted by molar-refractivity contribution is -0.136. The zero-order valence-corrected chi connectivity index (χ0v) is 12.9. The summed E-state index contributed by atoms with van der Waals surface area (Å²) >= 11 is 0. The first kappa shape index (κ1) is 14.3. The Kier molecular flexibility index (Phi) is 3.77. The van der Waals surface area contributed by atoms with Gasteiger partial charge in [-0.2, -0.15) is 0 Å². The number of fused-ring (bicyclic) bond motifs is 1. The van der Waals surface area contributed by atoms with E-state index in [-0.39, 0.29) is 18.2 Å². The largest absolute Gasteiger partial charge is 0.373 e. The fourth-order valence-corrected chi connectivity index (χ4v) is 3.80. The number of nitrogens with zero attached hydrogens (tertiary/aromatic N) is 2. The van der Waals surface area contributed by atoms with Gasteiger partial charge in [0.15, 0.2) is 0 Å². The molecule has 0 aliphatic carbocycles. The van der Waals surface area contributed by atoms with E-state index in [0.29, 0.717) is 12.6 Å². The van der Waals surface area contributed by atoms with Gasteiger partial charge in [-0.1, -0.05) is 6.92 Å². The maximum absolute atomic E-state index is 12.6. The van der Waals surface area contributed by atoms with Crippen molar-refractivity contribution < 1.29 is 9.53 Å². The minimum Gasteiger partial charge on any atom is -0.373 e. The van der Waals surface area contributed by atoms with Crippen molar-refractivity contribution in [1.82, 2.24) is 15.1 Å². The van der Waals surface area contributed by atoms with Crippen LogP contribution < -0.4 is 5.32 Å². The van der Waals surface area contributed by atoms with E-state index in [1.165, 1.54) is 19.4 Å². The van der Waals surface area contributed by atoms with Gasteiger partial charge in [-0.3, -0.25) is 15.0 Å². The highest BCUT2D eigenvalue weighted by atomic mass is 16.5. The Labute approximate surface area is 121 Å². The molecule has 4 atom stereocenters. The number of carbonyl (C=O) groups is 1. The average molecular weight is 281 g/mol. The second kappa shape index (κ2) is 5.28. The van der Waals surface area contributed by atoms with Gasteiger partial charge in [0.25, 0.3) is 0 Å². The number of morpholine rings is 1. The van der Waals surface area contributed by atoms with Gasteiger partial charge in [0, 0.05) is 19.1 Å². The molecule has 0 aromatic heterocycles. The average Bonchev–Trinajstić information content (AvgIpc) is 2.98. The van der Waals surface area contributed by atoms with Gasteiger partial charge in [0.1, 0.15) is 0 Å². The van der Waals surface area contributed by atoms with Crippen LogP contribution in [0.3, 0.4) is 0 Å². The van der Waals surface area contributed by atoms with Crippen molar-refractivity contribution in [3.8, 4) is 0 Å². The van der Waals surface area contributed by atoms with Crippen LogP contribution in [0.15, 0.2) is 0 Å². The van der Waals surface area contributed by atoms with Crippen LogP contribution in [0.5, 0.6) is 0 Å². The summed E-state index contributed by atoms with van der Waals surface area (Å²) in [6.07, 6.45) is 3.65. The van der Waals surface area contributed by atoms with Crippen LogP contribution in [-0.2, 0) is 9.53 Å². The molecule has 1 N–H and O–H groups in total. The first-order valence-corrected chi connectivity index (χ1v) is 7.98. The SMILES string of the molecule is CCC1(C)NC(C)N(CC2CN3CCCC3CO2)C1=O. The van der Waals surface area contributed by atoms with E-state index in [1.807, 2.05) is 11.8 Å². The van der Waals surface area contributed by atoms with Crippen molar-refractivity contribution in [2.45, 2.75) is 63.9 Å². The summed E-state index contributed by atoms with van der Waals surface area (Å²) in [5.74, 6) is 0.222. The second-order valence-corrected chi connectivity index (χ2v) is 6.71. The maximum atomic E-state index is 12.6. The number of hydrogen-bond acceptors (Lipinski definition) is 4. The molecule has 3 aliphatic rings. The van der Waals surface area contributed by atoms with Gasteiger partial charge < -0.3 is 9.64 Å². The molecule has 0 radical (unpaired) electrons. The van der Waals surface area contributed by atoms with Crippen LogP contribution in [0.1, 0.15) is 40.0 Å². The third-order valence-corrected chi connectivity index (χ3v) is 5.30. The number of hydrogen-bond donors (Lipinski definition) is 1. The van der Waals surface area contributed by atoms with Crippen LogP contribution in [0.2, 0.25) is 0 Å². The molecule has 1 amide bonds. The Bertz CT molecular complexity index is 389. The second-order valence-electron chi connectivity index (χ2n) is 6.71. The number of rotatable bonds is 3. The molecule has 3 saturated heterocycles. The molecule has 4 unspecified atom stereocenters. The minimum absolute atomic E-state index is 0.104. The maximum Gasteiger partial charge on any atom is 0.243 e. The molecule has 0 saturated carbocycles. The van der Waals surface area contributed by atoms with Gasteiger partial charge in [-0.05, 0) is 39.7 Å². The van der Waals surface area contributed by atoms with Crippen molar-refractivity contribution >= 4 is 5.91 Å². The molecule has 20 heavy (non-hydrogen) atoms. The molecule has 0 aromatic carbocycles. The van der Waals surface area contributed by atoms with Crippen LogP contribution in [0, 0.1) is 0 Å². The summed E-state index contributed by atoms with van der Waals surface area (Å²) in [6, 6.07) is 0.622. The molecule has 5 nitrogen and oxygen atoms in total. The van der Waals surface area contributed by atoms with Crippen LogP contribution in [0.4, 0.5) is 0 Å². The van der Waals surface area contributed by atoms with Gasteiger partial charge in [0.2, 0.25) is 5.91 Å². The Morgan fingerprint density at radius 1 is 1.50 bits per heavy atom. The Morgan fingerprint density at radius 2 is 2.30 bits per heavy atom. The number of amides is 1. The standard InChI is InChI=1S/C15H27N3O2/c1-4-15(3)14(19)18(11(2)16-15)9-13-8-17-7-5-6-12(17)10-20-13/h11-13,16H,4-10H2,1-3H3. The summed E-state index contributed by atoms with van der Waals surface area (Å²) in [7, 11) is 0. The van der Waals surface area contributed by atoms with Gasteiger partial charge in [-0.15, -0.1) is 0 Å². The molecular weight excluding hydrogens is 254 g/mol. The monoisotopic (exact) mass is 281 g/mol. The lowest BCUT2D eigenvalue weighted by atomic mass is 9.99. The molecule has 114 valence electrons. The van der Waals surface area contributed by atoms with E-state index in [4.69, 9.17) is 4.74 Å². The van der Waals surface area contributed by atoms with Gasteiger partial charge in [-0.25, -0.2) is 0 Å². The first-order valence-electron chi connectivity index (χ1n) is 7.98. The summed E-state index contributed by atoms with van der Waals surface area (Å²) in [6.45, 7) is 9.85. The lowest BCUT2D eigenvalue weighted by Gasteiger charge is -2.37. The van der Waals surface area contributed by atoms with E-state index in [2.05, 4.69) is 24.1 Å². The molecule has 3 fully saturated rings. The fraction of sp³-hybridized carbons (Fsp3) is 0.933. The fourth-order valence-electron chi connectivity index (χ4n) is 3.80. The highest BCUT2D eigenvalue weighted by Gasteiger charge is 2.46. The van der Waals surface area contributed by atoms with Crippen LogP contribution in [0.25, 0.3) is 0 Å². The lowest BCUT2D eigenvalue weighted by Crippen LogP contribution is -2.52. The molecule has 0 bridgehead atoms. The summed E-state index contributed by atoms with van der Waals surface area (Å²) in [5, 5.41) is 3.42. The van der Waals surface area contributed by atoms with E-state index in [9.17, 15) is 4.79 Å². The smallest absolute Gasteiger partial charge is 0.243 e. The quantitative estimate of drug-likeness (QED) is 0.831. The van der Waals surface area contributed by atoms with Crippen molar-refractivity contribution in [1.29, 1.82) is 0 Å². The van der Waals surface area contributed by atoms with E-state index in [1.54, 1.807) is 0 Å². The number of carbonyl (C=O) groups excluding carboxylic acids is 1.